The van der Waals surface area contributed by atoms with Crippen molar-refractivity contribution in [1.82, 2.24) is 9.62 Å². The van der Waals surface area contributed by atoms with Gasteiger partial charge in [0.1, 0.15) is 6.07 Å². The summed E-state index contributed by atoms with van der Waals surface area (Å²) in [6.45, 7) is 0.547. The number of hydrogen-bond donors (Lipinski definition) is 1. The minimum Gasteiger partial charge on any atom is -0.353 e. The number of nitrogens with one attached hydrogen (secondary N) is 1. The molecule has 8 heteroatoms. The third-order valence-corrected chi connectivity index (χ3v) is 7.59. The summed E-state index contributed by atoms with van der Waals surface area (Å²) in [4.78, 5) is 12.7. The summed E-state index contributed by atoms with van der Waals surface area (Å²) in [7, 11) is -3.77. The first-order valence-electron chi connectivity index (χ1n) is 9.42. The first kappa shape index (κ1) is 20.1. The van der Waals surface area contributed by atoms with Crippen molar-refractivity contribution < 1.29 is 13.2 Å². The van der Waals surface area contributed by atoms with Gasteiger partial charge in [-0.15, -0.1) is 0 Å². The Morgan fingerprint density at radius 2 is 1.93 bits per heavy atom. The highest BCUT2D eigenvalue weighted by molar-refractivity contribution is 7.89. The number of nitriles is 1. The van der Waals surface area contributed by atoms with Crippen molar-refractivity contribution in [3.63, 3.8) is 0 Å². The molecule has 6 nitrogen and oxygen atoms in total. The average molecular weight is 410 g/mol. The van der Waals surface area contributed by atoms with E-state index in [4.69, 9.17) is 16.9 Å². The molecule has 1 atom stereocenters. The van der Waals surface area contributed by atoms with Gasteiger partial charge in [0, 0.05) is 19.1 Å². The number of sulfonamides is 1. The zero-order valence-corrected chi connectivity index (χ0v) is 16.7. The highest BCUT2D eigenvalue weighted by atomic mass is 35.5. The van der Waals surface area contributed by atoms with Crippen molar-refractivity contribution in [1.29, 1.82) is 5.26 Å². The smallest absolute Gasteiger partial charge is 0.243 e. The summed E-state index contributed by atoms with van der Waals surface area (Å²) in [5.41, 5.74) is 0.126. The molecule has 1 aromatic rings. The molecule has 0 aromatic heterocycles. The molecule has 1 unspecified atom stereocenters. The molecule has 1 amide bonds. The maximum absolute atomic E-state index is 13.0. The van der Waals surface area contributed by atoms with E-state index in [1.165, 1.54) is 28.9 Å². The highest BCUT2D eigenvalue weighted by Gasteiger charge is 2.34. The van der Waals surface area contributed by atoms with Crippen LogP contribution < -0.4 is 5.32 Å². The number of amides is 1. The number of benzene rings is 1. The van der Waals surface area contributed by atoms with E-state index in [0.29, 0.717) is 19.4 Å². The number of carbonyl (C=O) groups excluding carboxylic acids is 1. The van der Waals surface area contributed by atoms with Crippen molar-refractivity contribution >= 4 is 27.5 Å². The van der Waals surface area contributed by atoms with Gasteiger partial charge in [0.2, 0.25) is 15.9 Å². The van der Waals surface area contributed by atoms with Gasteiger partial charge in [-0.2, -0.15) is 9.57 Å². The van der Waals surface area contributed by atoms with Crippen LogP contribution in [0.1, 0.15) is 50.5 Å². The number of hydrogen-bond acceptors (Lipinski definition) is 4. The van der Waals surface area contributed by atoms with Gasteiger partial charge < -0.3 is 5.32 Å². The van der Waals surface area contributed by atoms with Crippen molar-refractivity contribution in [2.75, 3.05) is 13.1 Å². The summed E-state index contributed by atoms with van der Waals surface area (Å²) in [5.74, 6) is -0.381. The van der Waals surface area contributed by atoms with E-state index in [2.05, 4.69) is 5.32 Å². The molecule has 0 radical (unpaired) electrons. The van der Waals surface area contributed by atoms with Crippen LogP contribution in [0.25, 0.3) is 0 Å². The number of halogens is 1. The van der Waals surface area contributed by atoms with Gasteiger partial charge in [-0.1, -0.05) is 30.9 Å². The zero-order valence-electron chi connectivity index (χ0n) is 15.2. The van der Waals surface area contributed by atoms with E-state index in [-0.39, 0.29) is 39.9 Å². The lowest BCUT2D eigenvalue weighted by molar-refractivity contribution is -0.127. The molecule has 2 fully saturated rings. The lowest BCUT2D eigenvalue weighted by atomic mass is 9.93. The summed E-state index contributed by atoms with van der Waals surface area (Å²) >= 11 is 5.91. The zero-order chi connectivity index (χ0) is 19.4. The predicted molar refractivity (Wildman–Crippen MR) is 103 cm³/mol. The van der Waals surface area contributed by atoms with E-state index in [1.807, 2.05) is 6.07 Å². The van der Waals surface area contributed by atoms with Crippen molar-refractivity contribution in [3.05, 3.63) is 28.8 Å². The lowest BCUT2D eigenvalue weighted by Gasteiger charge is -2.32. The van der Waals surface area contributed by atoms with Gasteiger partial charge in [-0.05, 0) is 43.9 Å². The van der Waals surface area contributed by atoms with Crippen molar-refractivity contribution in [3.8, 4) is 6.07 Å². The molecule has 0 bridgehead atoms. The Balaban J connectivity index is 1.71. The fourth-order valence-corrected chi connectivity index (χ4v) is 5.55. The Hall–Kier alpha value is -1.62. The maximum atomic E-state index is 13.0. The van der Waals surface area contributed by atoms with Crippen LogP contribution >= 0.6 is 11.6 Å². The van der Waals surface area contributed by atoms with Gasteiger partial charge >= 0.3 is 0 Å². The van der Waals surface area contributed by atoms with E-state index < -0.39 is 10.0 Å². The fourth-order valence-electron chi connectivity index (χ4n) is 3.84. The monoisotopic (exact) mass is 409 g/mol. The number of nitrogens with zero attached hydrogens (tertiary/aromatic N) is 2. The summed E-state index contributed by atoms with van der Waals surface area (Å²) in [6.07, 6.45) is 6.81. The van der Waals surface area contributed by atoms with Crippen LogP contribution in [-0.4, -0.2) is 37.8 Å². The molecule has 3 rings (SSSR count). The molecule has 1 aromatic carbocycles. The van der Waals surface area contributed by atoms with Gasteiger partial charge in [-0.25, -0.2) is 8.42 Å². The molecule has 27 heavy (non-hydrogen) atoms. The Kier molecular flexibility index (Phi) is 6.40. The number of piperidine rings is 1. The quantitative estimate of drug-likeness (QED) is 0.827. The SMILES string of the molecule is N#Cc1cc(S(=O)(=O)N2CCCC(C(=O)NC3CCCCC3)C2)ccc1Cl. The number of carbonyl (C=O) groups is 1. The molecular formula is C19H24ClN3O3S. The van der Waals surface area contributed by atoms with E-state index in [1.54, 1.807) is 0 Å². The van der Waals surface area contributed by atoms with Crippen LogP contribution in [0.5, 0.6) is 0 Å². The summed E-state index contributed by atoms with van der Waals surface area (Å²) in [6, 6.07) is 6.24. The highest BCUT2D eigenvalue weighted by Crippen LogP contribution is 2.27. The largest absolute Gasteiger partial charge is 0.353 e. The second kappa shape index (κ2) is 8.59. The Morgan fingerprint density at radius 3 is 2.63 bits per heavy atom. The Morgan fingerprint density at radius 1 is 1.19 bits per heavy atom. The maximum Gasteiger partial charge on any atom is 0.243 e. The second-order valence-electron chi connectivity index (χ2n) is 7.30. The van der Waals surface area contributed by atoms with E-state index in [0.717, 1.165) is 25.7 Å². The molecule has 1 N–H and O–H groups in total. The first-order valence-corrected chi connectivity index (χ1v) is 11.2. The van der Waals surface area contributed by atoms with Gasteiger partial charge in [0.05, 0.1) is 21.4 Å². The number of rotatable bonds is 4. The minimum absolute atomic E-state index is 0.0387. The predicted octanol–water partition coefficient (Wildman–Crippen LogP) is 3.06. The molecule has 1 aliphatic carbocycles. The van der Waals surface area contributed by atoms with Crippen LogP contribution in [0.15, 0.2) is 23.1 Å². The van der Waals surface area contributed by atoms with Crippen molar-refractivity contribution in [2.45, 2.75) is 55.9 Å². The van der Waals surface area contributed by atoms with Crippen molar-refractivity contribution in [2.24, 2.45) is 5.92 Å². The van der Waals surface area contributed by atoms with Crippen LogP contribution in [-0.2, 0) is 14.8 Å². The first-order chi connectivity index (χ1) is 12.9. The minimum atomic E-state index is -3.77. The van der Waals surface area contributed by atoms with Crippen LogP contribution in [0.4, 0.5) is 0 Å². The molecule has 1 heterocycles. The molecule has 2 aliphatic rings. The molecule has 1 saturated carbocycles. The Bertz CT molecular complexity index is 844. The molecule has 0 spiro atoms. The fraction of sp³-hybridized carbons (Fsp3) is 0.579. The summed E-state index contributed by atoms with van der Waals surface area (Å²) < 4.78 is 27.3. The van der Waals surface area contributed by atoms with Gasteiger partial charge in [-0.3, -0.25) is 4.79 Å². The third kappa shape index (κ3) is 4.63. The standard InChI is InChI=1S/C19H24ClN3O3S/c20-18-9-8-17(11-15(18)12-21)27(25,26)23-10-4-5-14(13-23)19(24)22-16-6-2-1-3-7-16/h8-9,11,14,16H,1-7,10,13H2,(H,22,24). The molecule has 146 valence electrons. The van der Waals surface area contributed by atoms with Crippen LogP contribution in [0.3, 0.4) is 0 Å². The third-order valence-electron chi connectivity index (χ3n) is 5.40. The van der Waals surface area contributed by atoms with E-state index in [9.17, 15) is 13.2 Å². The van der Waals surface area contributed by atoms with Crippen LogP contribution in [0, 0.1) is 17.2 Å². The lowest BCUT2D eigenvalue weighted by Crippen LogP contribution is -2.47. The second-order valence-corrected chi connectivity index (χ2v) is 9.64. The normalized spacial score (nSPS) is 22.1. The summed E-state index contributed by atoms with van der Waals surface area (Å²) in [5, 5.41) is 12.4. The molecule has 1 aliphatic heterocycles. The van der Waals surface area contributed by atoms with E-state index >= 15 is 0 Å². The van der Waals surface area contributed by atoms with Gasteiger partial charge in [0.25, 0.3) is 0 Å². The molecular weight excluding hydrogens is 386 g/mol. The van der Waals surface area contributed by atoms with Gasteiger partial charge in [0.15, 0.2) is 0 Å². The Labute approximate surface area is 165 Å². The topological polar surface area (TPSA) is 90.3 Å². The molecule has 1 saturated heterocycles. The van der Waals surface area contributed by atoms with Crippen LogP contribution in [0.2, 0.25) is 5.02 Å². The average Bonchev–Trinajstić information content (AvgIpc) is 2.69.